The van der Waals surface area contributed by atoms with Crippen LogP contribution in [0, 0.1) is 0 Å². The molecular formula is C18H28O4. The highest BCUT2D eigenvalue weighted by atomic mass is 16.5. The summed E-state index contributed by atoms with van der Waals surface area (Å²) in [5.74, 6) is -0.681. The van der Waals surface area contributed by atoms with Crippen molar-refractivity contribution in [2.75, 3.05) is 6.61 Å². The van der Waals surface area contributed by atoms with Crippen molar-refractivity contribution in [3.05, 3.63) is 29.8 Å². The van der Waals surface area contributed by atoms with Gasteiger partial charge in [-0.05, 0) is 30.5 Å². The van der Waals surface area contributed by atoms with Crippen molar-refractivity contribution in [3.63, 3.8) is 0 Å². The topological polar surface area (TPSA) is 66.8 Å². The van der Waals surface area contributed by atoms with Crippen molar-refractivity contribution < 1.29 is 19.7 Å². The van der Waals surface area contributed by atoms with Crippen molar-refractivity contribution in [2.45, 2.75) is 64.4 Å². The minimum atomic E-state index is -1.20. The number of unbranched alkanes of at least 4 members (excludes halogenated alkanes) is 6. The molecule has 2 N–H and O–H groups in total. The van der Waals surface area contributed by atoms with E-state index in [0.29, 0.717) is 5.75 Å². The van der Waals surface area contributed by atoms with Crippen LogP contribution < -0.4 is 4.74 Å². The molecular weight excluding hydrogens is 280 g/mol. The number of aliphatic carboxylic acids is 1. The summed E-state index contributed by atoms with van der Waals surface area (Å²) in [4.78, 5) is 10.8. The number of ether oxygens (including phenoxy) is 1. The number of carboxylic acid groups (broad SMARTS) is 1. The van der Waals surface area contributed by atoms with Crippen LogP contribution in [0.3, 0.4) is 0 Å². The van der Waals surface area contributed by atoms with Gasteiger partial charge < -0.3 is 14.9 Å². The van der Waals surface area contributed by atoms with E-state index in [2.05, 4.69) is 6.92 Å². The third kappa shape index (κ3) is 7.46. The van der Waals surface area contributed by atoms with Crippen LogP contribution in [0.25, 0.3) is 0 Å². The van der Waals surface area contributed by atoms with Crippen LogP contribution in [0.4, 0.5) is 0 Å². The van der Waals surface area contributed by atoms with Gasteiger partial charge in [-0.3, -0.25) is 0 Å². The molecule has 0 bridgehead atoms. The first-order chi connectivity index (χ1) is 10.7. The molecule has 0 saturated carbocycles. The van der Waals surface area contributed by atoms with Crippen LogP contribution in [0.5, 0.6) is 5.75 Å². The number of carboxylic acids is 1. The standard InChI is InChI=1S/C18H28O4/c1-2-3-4-5-6-7-8-9-15-10-12-16(13-11-15)22-17(14-19)18(20)21/h10-13,17,19H,2-9,14H2,1H3,(H,20,21). The minimum absolute atomic E-state index is 0.477. The van der Waals surface area contributed by atoms with E-state index in [1.54, 1.807) is 12.1 Å². The predicted octanol–water partition coefficient (Wildman–Crippen LogP) is 3.80. The zero-order chi connectivity index (χ0) is 16.2. The van der Waals surface area contributed by atoms with E-state index in [1.165, 1.54) is 50.5 Å². The Morgan fingerprint density at radius 3 is 2.18 bits per heavy atom. The van der Waals surface area contributed by atoms with Crippen molar-refractivity contribution in [2.24, 2.45) is 0 Å². The lowest BCUT2D eigenvalue weighted by Crippen LogP contribution is -2.30. The second-order valence-electron chi connectivity index (χ2n) is 5.64. The first-order valence-electron chi connectivity index (χ1n) is 8.26. The Labute approximate surface area is 133 Å². The summed E-state index contributed by atoms with van der Waals surface area (Å²) in [6, 6.07) is 7.45. The quantitative estimate of drug-likeness (QED) is 0.576. The van der Waals surface area contributed by atoms with E-state index in [4.69, 9.17) is 14.9 Å². The van der Waals surface area contributed by atoms with Crippen LogP contribution >= 0.6 is 0 Å². The molecule has 0 spiro atoms. The predicted molar refractivity (Wildman–Crippen MR) is 87.3 cm³/mol. The molecule has 0 amide bonds. The Balaban J connectivity index is 2.25. The second-order valence-corrected chi connectivity index (χ2v) is 5.64. The smallest absolute Gasteiger partial charge is 0.347 e. The largest absolute Gasteiger partial charge is 0.478 e. The molecule has 0 aliphatic rings. The van der Waals surface area contributed by atoms with Gasteiger partial charge in [-0.2, -0.15) is 0 Å². The van der Waals surface area contributed by atoms with Crippen LogP contribution in [0.15, 0.2) is 24.3 Å². The van der Waals surface area contributed by atoms with E-state index in [9.17, 15) is 4.79 Å². The summed E-state index contributed by atoms with van der Waals surface area (Å²) in [7, 11) is 0. The zero-order valence-corrected chi connectivity index (χ0v) is 13.5. The fourth-order valence-corrected chi connectivity index (χ4v) is 2.35. The molecule has 0 aromatic heterocycles. The van der Waals surface area contributed by atoms with Gasteiger partial charge >= 0.3 is 5.97 Å². The molecule has 1 rings (SSSR count). The van der Waals surface area contributed by atoms with Gasteiger partial charge in [-0.1, -0.05) is 57.6 Å². The average molecular weight is 308 g/mol. The Bertz CT molecular complexity index is 414. The molecule has 1 aromatic carbocycles. The Morgan fingerprint density at radius 1 is 1.05 bits per heavy atom. The van der Waals surface area contributed by atoms with Gasteiger partial charge in [-0.15, -0.1) is 0 Å². The number of rotatable bonds is 12. The Hall–Kier alpha value is -1.55. The SMILES string of the molecule is CCCCCCCCCc1ccc(OC(CO)C(=O)O)cc1. The molecule has 0 radical (unpaired) electrons. The molecule has 0 aliphatic heterocycles. The van der Waals surface area contributed by atoms with Gasteiger partial charge in [0.15, 0.2) is 0 Å². The molecule has 4 heteroatoms. The van der Waals surface area contributed by atoms with Crippen molar-refractivity contribution in [3.8, 4) is 5.75 Å². The molecule has 1 aromatic rings. The molecule has 4 nitrogen and oxygen atoms in total. The molecule has 0 fully saturated rings. The highest BCUT2D eigenvalue weighted by molar-refractivity contribution is 5.72. The number of hydrogen-bond acceptors (Lipinski definition) is 3. The molecule has 1 unspecified atom stereocenters. The van der Waals surface area contributed by atoms with E-state index in [0.717, 1.165) is 6.42 Å². The monoisotopic (exact) mass is 308 g/mol. The number of aliphatic hydroxyl groups excluding tert-OH is 1. The van der Waals surface area contributed by atoms with Crippen molar-refractivity contribution in [1.29, 1.82) is 0 Å². The molecule has 1 atom stereocenters. The number of benzene rings is 1. The number of aliphatic hydroxyl groups is 1. The summed E-state index contributed by atoms with van der Waals surface area (Å²) in [6.07, 6.45) is 8.88. The van der Waals surface area contributed by atoms with Gasteiger partial charge in [0, 0.05) is 0 Å². The lowest BCUT2D eigenvalue weighted by Gasteiger charge is -2.12. The second kappa shape index (κ2) is 11.1. The van der Waals surface area contributed by atoms with Crippen molar-refractivity contribution in [1.82, 2.24) is 0 Å². The van der Waals surface area contributed by atoms with Crippen molar-refractivity contribution >= 4 is 5.97 Å². The van der Waals surface area contributed by atoms with Gasteiger partial charge in [-0.25, -0.2) is 4.79 Å². The summed E-state index contributed by atoms with van der Waals surface area (Å²) < 4.78 is 5.21. The summed E-state index contributed by atoms with van der Waals surface area (Å²) >= 11 is 0. The van der Waals surface area contributed by atoms with Gasteiger partial charge in [0.1, 0.15) is 5.75 Å². The lowest BCUT2D eigenvalue weighted by molar-refractivity contribution is -0.146. The van der Waals surface area contributed by atoms with Gasteiger partial charge in [0.05, 0.1) is 6.61 Å². The molecule has 0 aliphatic carbocycles. The van der Waals surface area contributed by atoms with E-state index in [1.807, 2.05) is 12.1 Å². The third-order valence-electron chi connectivity index (χ3n) is 3.71. The summed E-state index contributed by atoms with van der Waals surface area (Å²) in [6.45, 7) is 1.70. The maximum Gasteiger partial charge on any atom is 0.347 e. The molecule has 22 heavy (non-hydrogen) atoms. The van der Waals surface area contributed by atoms with Crippen LogP contribution in [0.2, 0.25) is 0 Å². The molecule has 0 saturated heterocycles. The molecule has 0 heterocycles. The van der Waals surface area contributed by atoms with Crippen LogP contribution in [0.1, 0.15) is 57.4 Å². The highest BCUT2D eigenvalue weighted by Crippen LogP contribution is 2.16. The van der Waals surface area contributed by atoms with Gasteiger partial charge in [0.25, 0.3) is 0 Å². The van der Waals surface area contributed by atoms with Crippen LogP contribution in [-0.2, 0) is 11.2 Å². The summed E-state index contributed by atoms with van der Waals surface area (Å²) in [5, 5.41) is 17.8. The number of hydrogen-bond donors (Lipinski definition) is 2. The van der Waals surface area contributed by atoms with E-state index in [-0.39, 0.29) is 0 Å². The normalized spacial score (nSPS) is 12.1. The van der Waals surface area contributed by atoms with E-state index >= 15 is 0 Å². The molecule has 124 valence electrons. The van der Waals surface area contributed by atoms with Crippen LogP contribution in [-0.4, -0.2) is 28.9 Å². The highest BCUT2D eigenvalue weighted by Gasteiger charge is 2.17. The number of carbonyl (C=O) groups is 1. The van der Waals surface area contributed by atoms with Gasteiger partial charge in [0.2, 0.25) is 6.10 Å². The first kappa shape index (κ1) is 18.5. The zero-order valence-electron chi connectivity index (χ0n) is 13.5. The third-order valence-corrected chi connectivity index (χ3v) is 3.71. The first-order valence-corrected chi connectivity index (χ1v) is 8.26. The Kier molecular flexibility index (Phi) is 9.31. The maximum absolute atomic E-state index is 10.8. The Morgan fingerprint density at radius 2 is 1.64 bits per heavy atom. The maximum atomic E-state index is 10.8. The average Bonchev–Trinajstić information content (AvgIpc) is 2.52. The number of aryl methyl sites for hydroxylation is 1. The van der Waals surface area contributed by atoms with E-state index < -0.39 is 18.7 Å². The summed E-state index contributed by atoms with van der Waals surface area (Å²) in [5.41, 5.74) is 1.23. The minimum Gasteiger partial charge on any atom is -0.478 e. The lowest BCUT2D eigenvalue weighted by atomic mass is 10.0. The fraction of sp³-hybridized carbons (Fsp3) is 0.611. The fourth-order valence-electron chi connectivity index (χ4n) is 2.35.